The highest BCUT2D eigenvalue weighted by molar-refractivity contribution is 5.94. The van der Waals surface area contributed by atoms with Gasteiger partial charge >= 0.3 is 0 Å². The number of aliphatic hydroxyl groups excluding tert-OH is 1. The van der Waals surface area contributed by atoms with Gasteiger partial charge in [-0.25, -0.2) is 0 Å². The zero-order chi connectivity index (χ0) is 13.4. The number of benzene rings is 1. The first-order valence-corrected chi connectivity index (χ1v) is 6.40. The Bertz CT molecular complexity index is 391. The van der Waals surface area contributed by atoms with E-state index in [4.69, 9.17) is 10.8 Å². The van der Waals surface area contributed by atoms with Gasteiger partial charge < -0.3 is 16.2 Å². The van der Waals surface area contributed by atoms with Gasteiger partial charge in [-0.2, -0.15) is 0 Å². The third-order valence-corrected chi connectivity index (χ3v) is 2.90. The molecule has 100 valence electrons. The summed E-state index contributed by atoms with van der Waals surface area (Å²) in [7, 11) is 0. The van der Waals surface area contributed by atoms with Crippen LogP contribution in [-0.2, 0) is 0 Å². The molecule has 0 aromatic heterocycles. The summed E-state index contributed by atoms with van der Waals surface area (Å²) in [6, 6.07) is 5.30. The molecule has 1 aromatic carbocycles. The molecule has 0 saturated heterocycles. The number of aryl methyl sites for hydroxylation is 1. The van der Waals surface area contributed by atoms with Crippen molar-refractivity contribution in [1.29, 1.82) is 0 Å². The number of nitrogens with one attached hydrogen (secondary N) is 1. The van der Waals surface area contributed by atoms with Crippen molar-refractivity contribution in [2.45, 2.75) is 32.6 Å². The topological polar surface area (TPSA) is 75.3 Å². The number of carbonyl (C=O) groups excluding carboxylic acids is 1. The molecule has 4 nitrogen and oxygen atoms in total. The molecule has 0 aliphatic rings. The van der Waals surface area contributed by atoms with Crippen molar-refractivity contribution in [1.82, 2.24) is 5.32 Å². The maximum atomic E-state index is 11.8. The van der Waals surface area contributed by atoms with Gasteiger partial charge in [-0.05, 0) is 43.5 Å². The molecule has 0 atom stereocenters. The van der Waals surface area contributed by atoms with Crippen molar-refractivity contribution < 1.29 is 9.90 Å². The summed E-state index contributed by atoms with van der Waals surface area (Å²) < 4.78 is 0. The summed E-state index contributed by atoms with van der Waals surface area (Å²) in [5.41, 5.74) is 7.98. The van der Waals surface area contributed by atoms with Crippen LogP contribution in [0.1, 0.15) is 41.6 Å². The van der Waals surface area contributed by atoms with Crippen LogP contribution in [0.15, 0.2) is 18.2 Å². The lowest BCUT2D eigenvalue weighted by Gasteiger charge is -2.07. The van der Waals surface area contributed by atoms with E-state index >= 15 is 0 Å². The molecule has 0 heterocycles. The highest BCUT2D eigenvalue weighted by atomic mass is 16.2. The van der Waals surface area contributed by atoms with Gasteiger partial charge in [0.25, 0.3) is 5.91 Å². The molecule has 0 radical (unpaired) electrons. The molecule has 18 heavy (non-hydrogen) atoms. The second-order valence-corrected chi connectivity index (χ2v) is 4.47. The maximum absolute atomic E-state index is 11.8. The maximum Gasteiger partial charge on any atom is 0.251 e. The zero-order valence-electron chi connectivity index (χ0n) is 10.9. The van der Waals surface area contributed by atoms with Gasteiger partial charge in [0.1, 0.15) is 0 Å². The van der Waals surface area contributed by atoms with Crippen LogP contribution in [0.3, 0.4) is 0 Å². The van der Waals surface area contributed by atoms with Crippen molar-refractivity contribution >= 4 is 11.6 Å². The predicted octanol–water partition coefficient (Wildman–Crippen LogP) is 1.86. The SMILES string of the molecule is Cc1cc(C(=O)NCCCCCCO)ccc1N. The Morgan fingerprint density at radius 1 is 1.28 bits per heavy atom. The van der Waals surface area contributed by atoms with Crippen LogP contribution in [0.25, 0.3) is 0 Å². The normalized spacial score (nSPS) is 10.3. The number of nitrogens with two attached hydrogens (primary N) is 1. The molecule has 1 rings (SSSR count). The molecule has 1 aromatic rings. The predicted molar refractivity (Wildman–Crippen MR) is 73.5 cm³/mol. The minimum Gasteiger partial charge on any atom is -0.399 e. The number of unbranched alkanes of at least 4 members (excludes halogenated alkanes) is 3. The van der Waals surface area contributed by atoms with Crippen LogP contribution in [-0.4, -0.2) is 24.2 Å². The second kappa shape index (κ2) is 7.71. The molecule has 0 aliphatic heterocycles. The number of hydrogen-bond acceptors (Lipinski definition) is 3. The molecule has 0 spiro atoms. The van der Waals surface area contributed by atoms with E-state index in [9.17, 15) is 4.79 Å². The van der Waals surface area contributed by atoms with Crippen molar-refractivity contribution in [3.8, 4) is 0 Å². The molecule has 0 bridgehead atoms. The largest absolute Gasteiger partial charge is 0.399 e. The summed E-state index contributed by atoms with van der Waals surface area (Å²) in [4.78, 5) is 11.8. The number of aliphatic hydroxyl groups is 1. The Morgan fingerprint density at radius 3 is 2.67 bits per heavy atom. The van der Waals surface area contributed by atoms with Crippen LogP contribution in [0.5, 0.6) is 0 Å². The molecule has 0 aliphatic carbocycles. The second-order valence-electron chi connectivity index (χ2n) is 4.47. The first kappa shape index (κ1) is 14.5. The summed E-state index contributed by atoms with van der Waals surface area (Å²) in [6.45, 7) is 2.81. The third-order valence-electron chi connectivity index (χ3n) is 2.90. The fourth-order valence-corrected chi connectivity index (χ4v) is 1.71. The minimum atomic E-state index is -0.0553. The molecule has 4 N–H and O–H groups in total. The molecule has 0 fully saturated rings. The summed E-state index contributed by atoms with van der Waals surface area (Å²) in [5.74, 6) is -0.0553. The number of hydrogen-bond donors (Lipinski definition) is 3. The van der Waals surface area contributed by atoms with E-state index in [1.54, 1.807) is 18.2 Å². The van der Waals surface area contributed by atoms with E-state index in [0.717, 1.165) is 31.2 Å². The Balaban J connectivity index is 2.30. The van der Waals surface area contributed by atoms with Gasteiger partial charge in [0.2, 0.25) is 0 Å². The van der Waals surface area contributed by atoms with Crippen LogP contribution >= 0.6 is 0 Å². The smallest absolute Gasteiger partial charge is 0.251 e. The first-order valence-electron chi connectivity index (χ1n) is 6.40. The van der Waals surface area contributed by atoms with E-state index in [1.165, 1.54) is 0 Å². The van der Waals surface area contributed by atoms with E-state index in [2.05, 4.69) is 5.32 Å². The van der Waals surface area contributed by atoms with Crippen molar-refractivity contribution in [3.63, 3.8) is 0 Å². The van der Waals surface area contributed by atoms with Gasteiger partial charge in [-0.15, -0.1) is 0 Å². The molecule has 4 heteroatoms. The fraction of sp³-hybridized carbons (Fsp3) is 0.500. The lowest BCUT2D eigenvalue weighted by Crippen LogP contribution is -2.24. The molecule has 0 saturated carbocycles. The highest BCUT2D eigenvalue weighted by Crippen LogP contribution is 2.12. The van der Waals surface area contributed by atoms with Crippen molar-refractivity contribution in [2.75, 3.05) is 18.9 Å². The summed E-state index contributed by atoms with van der Waals surface area (Å²) in [5, 5.41) is 11.5. The average Bonchev–Trinajstić information content (AvgIpc) is 2.36. The van der Waals surface area contributed by atoms with Gasteiger partial charge in [0, 0.05) is 24.4 Å². The number of amides is 1. The van der Waals surface area contributed by atoms with Crippen molar-refractivity contribution in [3.05, 3.63) is 29.3 Å². The Kier molecular flexibility index (Phi) is 6.22. The number of anilines is 1. The van der Waals surface area contributed by atoms with E-state index in [-0.39, 0.29) is 12.5 Å². The van der Waals surface area contributed by atoms with Crippen LogP contribution < -0.4 is 11.1 Å². The van der Waals surface area contributed by atoms with Crippen LogP contribution in [0, 0.1) is 6.92 Å². The lowest BCUT2D eigenvalue weighted by molar-refractivity contribution is 0.0952. The first-order chi connectivity index (χ1) is 8.65. The number of nitrogen functional groups attached to an aromatic ring is 1. The number of rotatable bonds is 7. The number of carbonyl (C=O) groups is 1. The van der Waals surface area contributed by atoms with Crippen LogP contribution in [0.2, 0.25) is 0 Å². The van der Waals surface area contributed by atoms with E-state index in [0.29, 0.717) is 17.8 Å². The highest BCUT2D eigenvalue weighted by Gasteiger charge is 2.05. The zero-order valence-corrected chi connectivity index (χ0v) is 10.9. The minimum absolute atomic E-state index is 0.0553. The van der Waals surface area contributed by atoms with Crippen molar-refractivity contribution in [2.24, 2.45) is 0 Å². The fourth-order valence-electron chi connectivity index (χ4n) is 1.71. The third kappa shape index (κ3) is 4.75. The summed E-state index contributed by atoms with van der Waals surface area (Å²) in [6.07, 6.45) is 3.82. The molecule has 1 amide bonds. The Labute approximate surface area is 108 Å². The lowest BCUT2D eigenvalue weighted by atomic mass is 10.1. The monoisotopic (exact) mass is 250 g/mol. The van der Waals surface area contributed by atoms with Gasteiger partial charge in [0.15, 0.2) is 0 Å². The molecule has 0 unspecified atom stereocenters. The summed E-state index contributed by atoms with van der Waals surface area (Å²) >= 11 is 0. The standard InChI is InChI=1S/C14H22N2O2/c1-11-10-12(6-7-13(11)15)14(18)16-8-4-2-3-5-9-17/h6-7,10,17H,2-5,8-9,15H2,1H3,(H,16,18). The Hall–Kier alpha value is -1.55. The molecular weight excluding hydrogens is 228 g/mol. The van der Waals surface area contributed by atoms with E-state index < -0.39 is 0 Å². The average molecular weight is 250 g/mol. The molecular formula is C14H22N2O2. The van der Waals surface area contributed by atoms with Crippen LogP contribution in [0.4, 0.5) is 5.69 Å². The Morgan fingerprint density at radius 2 is 2.00 bits per heavy atom. The quantitative estimate of drug-likeness (QED) is 0.510. The van der Waals surface area contributed by atoms with E-state index in [1.807, 2.05) is 6.92 Å². The van der Waals surface area contributed by atoms with Gasteiger partial charge in [-0.1, -0.05) is 12.8 Å². The van der Waals surface area contributed by atoms with Gasteiger partial charge in [0.05, 0.1) is 0 Å². The van der Waals surface area contributed by atoms with Gasteiger partial charge in [-0.3, -0.25) is 4.79 Å².